The van der Waals surface area contributed by atoms with E-state index in [1.165, 1.54) is 0 Å². The van der Waals surface area contributed by atoms with Crippen molar-refractivity contribution in [3.05, 3.63) is 64.1 Å². The third-order valence-electron chi connectivity index (χ3n) is 4.03. The summed E-state index contributed by atoms with van der Waals surface area (Å²) in [5, 5.41) is 6.58. The topological polar surface area (TPSA) is 62.6 Å². The summed E-state index contributed by atoms with van der Waals surface area (Å²) in [5.41, 5.74) is 1.34. The summed E-state index contributed by atoms with van der Waals surface area (Å²) in [4.78, 5) is 25.9. The van der Waals surface area contributed by atoms with Crippen LogP contribution in [0.5, 0.6) is 0 Å². The third-order valence-corrected chi connectivity index (χ3v) is 4.47. The van der Waals surface area contributed by atoms with Crippen molar-refractivity contribution in [2.24, 2.45) is 0 Å². The summed E-state index contributed by atoms with van der Waals surface area (Å²) in [6, 6.07) is 13.7. The van der Waals surface area contributed by atoms with Gasteiger partial charge in [-0.25, -0.2) is 0 Å². The zero-order chi connectivity index (χ0) is 19.8. The van der Waals surface area contributed by atoms with E-state index >= 15 is 0 Å². The fourth-order valence-electron chi connectivity index (χ4n) is 2.83. The molecule has 0 saturated carbocycles. The molecule has 0 aliphatic carbocycles. The molecule has 0 bridgehead atoms. The van der Waals surface area contributed by atoms with Crippen molar-refractivity contribution in [3.8, 4) is 0 Å². The van der Waals surface area contributed by atoms with E-state index in [2.05, 4.69) is 10.6 Å². The van der Waals surface area contributed by atoms with Crippen LogP contribution in [0.15, 0.2) is 48.5 Å². The molecule has 2 aromatic rings. The Kier molecular flexibility index (Phi) is 8.10. The fraction of sp³-hybridized carbons (Fsp3) is 0.300. The van der Waals surface area contributed by atoms with Crippen LogP contribution in [-0.2, 0) is 9.59 Å². The number of likely N-dealkylation sites (N-methyl/N-ethyl adjacent to an activating group) is 1. The smallest absolute Gasteiger partial charge is 0.287 e. The number of hydrogen-bond donors (Lipinski definition) is 3. The lowest BCUT2D eigenvalue weighted by molar-refractivity contribution is -0.894. The van der Waals surface area contributed by atoms with Crippen molar-refractivity contribution in [1.29, 1.82) is 0 Å². The van der Waals surface area contributed by atoms with Gasteiger partial charge in [0.1, 0.15) is 0 Å². The highest BCUT2D eigenvalue weighted by molar-refractivity contribution is 6.35. The maximum absolute atomic E-state index is 13.0. The SMILES string of the molecule is CCCNC(=O)C[NH+](C)[C@H](C(=O)Nc1cc(Cl)cc(Cl)c1)c1ccccc1. The molecule has 2 rings (SSSR count). The molecule has 0 aliphatic rings. The molecule has 2 atom stereocenters. The Labute approximate surface area is 169 Å². The van der Waals surface area contributed by atoms with Gasteiger partial charge in [0.25, 0.3) is 11.8 Å². The monoisotopic (exact) mass is 408 g/mol. The van der Waals surface area contributed by atoms with Gasteiger partial charge in [-0.15, -0.1) is 0 Å². The van der Waals surface area contributed by atoms with Crippen molar-refractivity contribution in [3.63, 3.8) is 0 Å². The first-order valence-corrected chi connectivity index (χ1v) is 9.57. The van der Waals surface area contributed by atoms with E-state index in [-0.39, 0.29) is 18.4 Å². The summed E-state index contributed by atoms with van der Waals surface area (Å²) >= 11 is 12.0. The Morgan fingerprint density at radius 1 is 1.07 bits per heavy atom. The van der Waals surface area contributed by atoms with Gasteiger partial charge in [0.2, 0.25) is 0 Å². The largest absolute Gasteiger partial charge is 0.351 e. The van der Waals surface area contributed by atoms with Gasteiger partial charge in [0.05, 0.1) is 7.05 Å². The average molecular weight is 409 g/mol. The summed E-state index contributed by atoms with van der Waals surface area (Å²) < 4.78 is 0. The van der Waals surface area contributed by atoms with Crippen LogP contribution < -0.4 is 15.5 Å². The van der Waals surface area contributed by atoms with Crippen LogP contribution in [0.25, 0.3) is 0 Å². The van der Waals surface area contributed by atoms with Crippen molar-refractivity contribution >= 4 is 40.7 Å². The van der Waals surface area contributed by atoms with Crippen LogP contribution in [0, 0.1) is 0 Å². The van der Waals surface area contributed by atoms with E-state index in [1.807, 2.05) is 44.3 Å². The summed E-state index contributed by atoms with van der Waals surface area (Å²) in [6.45, 7) is 2.80. The second-order valence-corrected chi connectivity index (χ2v) is 7.24. The molecule has 1 unspecified atom stereocenters. The number of halogens is 2. The molecule has 5 nitrogen and oxygen atoms in total. The van der Waals surface area contributed by atoms with E-state index in [0.717, 1.165) is 16.9 Å². The molecule has 7 heteroatoms. The molecule has 144 valence electrons. The first-order chi connectivity index (χ1) is 12.9. The Hall–Kier alpha value is -2.08. The number of carbonyl (C=O) groups excluding carboxylic acids is 2. The number of rotatable bonds is 8. The summed E-state index contributed by atoms with van der Waals surface area (Å²) in [7, 11) is 1.83. The van der Waals surface area contributed by atoms with E-state index in [1.54, 1.807) is 18.2 Å². The van der Waals surface area contributed by atoms with Gasteiger partial charge in [0.15, 0.2) is 12.6 Å². The molecular formula is C20H24Cl2N3O2+. The molecule has 0 aliphatic heterocycles. The standard InChI is InChI=1S/C20H23Cl2N3O2/c1-3-9-23-18(26)13-25(2)19(14-7-5-4-6-8-14)20(27)24-17-11-15(21)10-16(22)12-17/h4-8,10-12,19H,3,9,13H2,1-2H3,(H,23,26)(H,24,27)/p+1/t19-/m0/s1. The molecule has 0 aromatic heterocycles. The van der Waals surface area contributed by atoms with E-state index < -0.39 is 6.04 Å². The lowest BCUT2D eigenvalue weighted by Crippen LogP contribution is -3.11. The van der Waals surface area contributed by atoms with Crippen molar-refractivity contribution in [2.75, 3.05) is 25.5 Å². The normalized spacial score (nSPS) is 12.9. The molecule has 2 amide bonds. The van der Waals surface area contributed by atoms with Crippen LogP contribution in [0.2, 0.25) is 10.0 Å². The first kappa shape index (κ1) is 21.2. The Balaban J connectivity index is 2.21. The second-order valence-electron chi connectivity index (χ2n) is 6.36. The average Bonchev–Trinajstić information content (AvgIpc) is 2.60. The Morgan fingerprint density at radius 3 is 2.30 bits per heavy atom. The lowest BCUT2D eigenvalue weighted by Gasteiger charge is -2.24. The second kappa shape index (κ2) is 10.3. The van der Waals surface area contributed by atoms with E-state index in [9.17, 15) is 9.59 Å². The molecule has 0 radical (unpaired) electrons. The van der Waals surface area contributed by atoms with Gasteiger partial charge in [-0.05, 0) is 24.6 Å². The zero-order valence-electron chi connectivity index (χ0n) is 15.4. The van der Waals surface area contributed by atoms with Crippen molar-refractivity contribution < 1.29 is 14.5 Å². The predicted molar refractivity (Wildman–Crippen MR) is 109 cm³/mol. The zero-order valence-corrected chi connectivity index (χ0v) is 16.9. The molecule has 3 N–H and O–H groups in total. The highest BCUT2D eigenvalue weighted by atomic mass is 35.5. The molecule has 27 heavy (non-hydrogen) atoms. The number of nitrogens with one attached hydrogen (secondary N) is 3. The van der Waals surface area contributed by atoms with Gasteiger partial charge in [-0.2, -0.15) is 0 Å². The molecular weight excluding hydrogens is 385 g/mol. The number of amides is 2. The van der Waals surface area contributed by atoms with Crippen LogP contribution in [0.4, 0.5) is 5.69 Å². The minimum absolute atomic E-state index is 0.0890. The summed E-state index contributed by atoms with van der Waals surface area (Å²) in [6.07, 6.45) is 0.864. The van der Waals surface area contributed by atoms with Crippen LogP contribution >= 0.6 is 23.2 Å². The number of carbonyl (C=O) groups is 2. The molecule has 0 fully saturated rings. The number of quaternary nitrogens is 1. The minimum Gasteiger partial charge on any atom is -0.351 e. The van der Waals surface area contributed by atoms with Gasteiger partial charge in [0, 0.05) is 27.8 Å². The van der Waals surface area contributed by atoms with Crippen molar-refractivity contribution in [2.45, 2.75) is 19.4 Å². The van der Waals surface area contributed by atoms with E-state index in [4.69, 9.17) is 23.2 Å². The Morgan fingerprint density at radius 2 is 1.70 bits per heavy atom. The number of benzene rings is 2. The third kappa shape index (κ3) is 6.54. The molecule has 0 heterocycles. The maximum Gasteiger partial charge on any atom is 0.287 e. The van der Waals surface area contributed by atoms with E-state index in [0.29, 0.717) is 22.3 Å². The first-order valence-electron chi connectivity index (χ1n) is 8.81. The minimum atomic E-state index is -0.559. The quantitative estimate of drug-likeness (QED) is 0.628. The fourth-order valence-corrected chi connectivity index (χ4v) is 3.35. The predicted octanol–water partition coefficient (Wildman–Crippen LogP) is 2.71. The van der Waals surface area contributed by atoms with Gasteiger partial charge >= 0.3 is 0 Å². The van der Waals surface area contributed by atoms with Crippen LogP contribution in [0.1, 0.15) is 24.9 Å². The Bertz CT molecular complexity index is 764. The van der Waals surface area contributed by atoms with Gasteiger partial charge < -0.3 is 15.5 Å². The van der Waals surface area contributed by atoms with Crippen molar-refractivity contribution in [1.82, 2.24) is 5.32 Å². The number of hydrogen-bond acceptors (Lipinski definition) is 2. The van der Waals surface area contributed by atoms with Gasteiger partial charge in [-0.1, -0.05) is 60.5 Å². The maximum atomic E-state index is 13.0. The molecule has 2 aromatic carbocycles. The summed E-state index contributed by atoms with van der Waals surface area (Å²) in [5.74, 6) is -0.325. The van der Waals surface area contributed by atoms with Crippen LogP contribution in [0.3, 0.4) is 0 Å². The van der Waals surface area contributed by atoms with Gasteiger partial charge in [-0.3, -0.25) is 9.59 Å². The molecule has 0 spiro atoms. The number of anilines is 1. The lowest BCUT2D eigenvalue weighted by atomic mass is 10.0. The van der Waals surface area contributed by atoms with Crippen LogP contribution in [-0.4, -0.2) is 32.0 Å². The molecule has 0 saturated heterocycles. The highest BCUT2D eigenvalue weighted by Gasteiger charge is 2.30. The highest BCUT2D eigenvalue weighted by Crippen LogP contribution is 2.23.